The van der Waals surface area contributed by atoms with E-state index in [1.165, 1.54) is 0 Å². The van der Waals surface area contributed by atoms with Crippen molar-refractivity contribution in [2.45, 2.75) is 25.2 Å². The predicted molar refractivity (Wildman–Crippen MR) is 60.7 cm³/mol. The molecule has 16 heavy (non-hydrogen) atoms. The third-order valence-electron chi connectivity index (χ3n) is 3.11. The Hall–Kier alpha value is -1.69. The Bertz CT molecular complexity index is 436. The SMILES string of the molecule is COc1ccc2c(c1)C(C)(C#N)CCCO2. The van der Waals surface area contributed by atoms with Crippen molar-refractivity contribution in [3.05, 3.63) is 23.8 Å². The molecule has 1 heterocycles. The summed E-state index contributed by atoms with van der Waals surface area (Å²) >= 11 is 0. The number of ether oxygens (including phenoxy) is 2. The molecule has 0 radical (unpaired) electrons. The van der Waals surface area contributed by atoms with Gasteiger partial charge in [0, 0.05) is 5.56 Å². The van der Waals surface area contributed by atoms with E-state index >= 15 is 0 Å². The van der Waals surface area contributed by atoms with Gasteiger partial charge >= 0.3 is 0 Å². The van der Waals surface area contributed by atoms with Gasteiger partial charge in [-0.05, 0) is 38.0 Å². The molecule has 0 aliphatic carbocycles. The van der Waals surface area contributed by atoms with E-state index in [0.29, 0.717) is 6.61 Å². The summed E-state index contributed by atoms with van der Waals surface area (Å²) in [5.41, 5.74) is 0.465. The summed E-state index contributed by atoms with van der Waals surface area (Å²) in [5.74, 6) is 1.58. The molecule has 0 N–H and O–H groups in total. The topological polar surface area (TPSA) is 42.2 Å². The lowest BCUT2D eigenvalue weighted by Gasteiger charge is -2.21. The maximum atomic E-state index is 9.34. The minimum atomic E-state index is -0.472. The van der Waals surface area contributed by atoms with Gasteiger partial charge in [-0.15, -0.1) is 0 Å². The summed E-state index contributed by atoms with van der Waals surface area (Å²) in [6.07, 6.45) is 1.73. The van der Waals surface area contributed by atoms with Crippen molar-refractivity contribution in [3.63, 3.8) is 0 Å². The molecule has 1 aromatic carbocycles. The first-order valence-corrected chi connectivity index (χ1v) is 5.42. The molecule has 1 aliphatic rings. The zero-order valence-corrected chi connectivity index (χ0v) is 9.62. The molecule has 0 bridgehead atoms. The molecule has 0 spiro atoms. The lowest BCUT2D eigenvalue weighted by atomic mass is 9.80. The van der Waals surface area contributed by atoms with Crippen molar-refractivity contribution in [1.82, 2.24) is 0 Å². The van der Waals surface area contributed by atoms with E-state index < -0.39 is 5.41 Å². The molecule has 3 heteroatoms. The second-order valence-corrected chi connectivity index (χ2v) is 4.26. The summed E-state index contributed by atoms with van der Waals surface area (Å²) in [5, 5.41) is 9.34. The molecule has 0 amide bonds. The summed E-state index contributed by atoms with van der Waals surface area (Å²) in [6.45, 7) is 2.64. The van der Waals surface area contributed by atoms with Crippen LogP contribution in [0.3, 0.4) is 0 Å². The van der Waals surface area contributed by atoms with Crippen LogP contribution >= 0.6 is 0 Å². The van der Waals surface area contributed by atoms with Crippen LogP contribution in [0.5, 0.6) is 11.5 Å². The highest BCUT2D eigenvalue weighted by molar-refractivity contribution is 5.48. The molecule has 2 rings (SSSR count). The van der Waals surface area contributed by atoms with Crippen LogP contribution in [0.25, 0.3) is 0 Å². The Kier molecular flexibility index (Phi) is 2.74. The van der Waals surface area contributed by atoms with Crippen molar-refractivity contribution in [2.24, 2.45) is 0 Å². The molecule has 1 atom stereocenters. The fraction of sp³-hybridized carbons (Fsp3) is 0.462. The lowest BCUT2D eigenvalue weighted by molar-refractivity contribution is 0.314. The van der Waals surface area contributed by atoms with Gasteiger partial charge < -0.3 is 9.47 Å². The predicted octanol–water partition coefficient (Wildman–Crippen LogP) is 2.65. The number of benzene rings is 1. The normalized spacial score (nSPS) is 23.6. The minimum absolute atomic E-state index is 0.472. The van der Waals surface area contributed by atoms with Crippen LogP contribution in [0.4, 0.5) is 0 Å². The molecule has 0 fully saturated rings. The van der Waals surface area contributed by atoms with E-state index in [2.05, 4.69) is 6.07 Å². The summed E-state index contributed by atoms with van der Waals surface area (Å²) < 4.78 is 10.8. The van der Waals surface area contributed by atoms with Gasteiger partial charge in [0.25, 0.3) is 0 Å². The van der Waals surface area contributed by atoms with Crippen LogP contribution in [0.2, 0.25) is 0 Å². The quantitative estimate of drug-likeness (QED) is 0.726. The molecule has 0 saturated heterocycles. The van der Waals surface area contributed by atoms with Crippen LogP contribution in [-0.2, 0) is 5.41 Å². The fourth-order valence-corrected chi connectivity index (χ4v) is 2.05. The smallest absolute Gasteiger partial charge is 0.124 e. The van der Waals surface area contributed by atoms with Gasteiger partial charge in [-0.25, -0.2) is 0 Å². The van der Waals surface area contributed by atoms with Gasteiger partial charge in [0.05, 0.1) is 25.2 Å². The Morgan fingerprint density at radius 2 is 2.31 bits per heavy atom. The van der Waals surface area contributed by atoms with Crippen molar-refractivity contribution >= 4 is 0 Å². The molecule has 3 nitrogen and oxygen atoms in total. The molecule has 1 aromatic rings. The van der Waals surface area contributed by atoms with E-state index in [4.69, 9.17) is 9.47 Å². The van der Waals surface area contributed by atoms with Gasteiger partial charge in [0.2, 0.25) is 0 Å². The van der Waals surface area contributed by atoms with E-state index in [9.17, 15) is 5.26 Å². The zero-order chi connectivity index (χ0) is 11.6. The zero-order valence-electron chi connectivity index (χ0n) is 9.62. The maximum absolute atomic E-state index is 9.34. The van der Waals surface area contributed by atoms with Gasteiger partial charge in [0.1, 0.15) is 11.5 Å². The third kappa shape index (κ3) is 1.71. The second-order valence-electron chi connectivity index (χ2n) is 4.26. The van der Waals surface area contributed by atoms with Crippen LogP contribution in [0, 0.1) is 11.3 Å². The third-order valence-corrected chi connectivity index (χ3v) is 3.11. The van der Waals surface area contributed by atoms with Gasteiger partial charge in [-0.1, -0.05) is 0 Å². The first kappa shape index (κ1) is 10.8. The summed E-state index contributed by atoms with van der Waals surface area (Å²) in [6, 6.07) is 8.05. The largest absolute Gasteiger partial charge is 0.497 e. The Labute approximate surface area is 95.6 Å². The Balaban J connectivity index is 2.55. The number of hydrogen-bond donors (Lipinski definition) is 0. The monoisotopic (exact) mass is 217 g/mol. The standard InChI is InChI=1S/C13H15NO2/c1-13(9-14)6-3-7-16-12-5-4-10(15-2)8-11(12)13/h4-5,8H,3,6-7H2,1-2H3. The van der Waals surface area contributed by atoms with Crippen LogP contribution < -0.4 is 9.47 Å². The van der Waals surface area contributed by atoms with E-state index in [0.717, 1.165) is 29.9 Å². The van der Waals surface area contributed by atoms with Crippen LogP contribution in [-0.4, -0.2) is 13.7 Å². The van der Waals surface area contributed by atoms with Gasteiger partial charge in [-0.3, -0.25) is 0 Å². The van der Waals surface area contributed by atoms with E-state index in [1.807, 2.05) is 25.1 Å². The Morgan fingerprint density at radius 1 is 1.50 bits per heavy atom. The molecule has 1 unspecified atom stereocenters. The number of methoxy groups -OCH3 is 1. The highest BCUT2D eigenvalue weighted by atomic mass is 16.5. The van der Waals surface area contributed by atoms with E-state index in [-0.39, 0.29) is 0 Å². The van der Waals surface area contributed by atoms with Crippen LogP contribution in [0.1, 0.15) is 25.3 Å². The first-order valence-electron chi connectivity index (χ1n) is 5.42. The number of nitrogens with zero attached hydrogens (tertiary/aromatic N) is 1. The van der Waals surface area contributed by atoms with Crippen molar-refractivity contribution < 1.29 is 9.47 Å². The Morgan fingerprint density at radius 3 is 3.00 bits per heavy atom. The maximum Gasteiger partial charge on any atom is 0.124 e. The molecule has 0 saturated carbocycles. The fourth-order valence-electron chi connectivity index (χ4n) is 2.05. The minimum Gasteiger partial charge on any atom is -0.497 e. The molecule has 0 aromatic heterocycles. The highest BCUT2D eigenvalue weighted by Gasteiger charge is 2.32. The van der Waals surface area contributed by atoms with Gasteiger partial charge in [-0.2, -0.15) is 5.26 Å². The van der Waals surface area contributed by atoms with Crippen molar-refractivity contribution in [1.29, 1.82) is 5.26 Å². The van der Waals surface area contributed by atoms with E-state index in [1.54, 1.807) is 7.11 Å². The molecular formula is C13H15NO2. The number of nitriles is 1. The first-order chi connectivity index (χ1) is 7.69. The average Bonchev–Trinajstić information content (AvgIpc) is 2.49. The summed E-state index contributed by atoms with van der Waals surface area (Å²) in [7, 11) is 1.63. The van der Waals surface area contributed by atoms with Crippen LogP contribution in [0.15, 0.2) is 18.2 Å². The second kappa shape index (κ2) is 4.05. The average molecular weight is 217 g/mol. The molecule has 1 aliphatic heterocycles. The molecular weight excluding hydrogens is 202 g/mol. The van der Waals surface area contributed by atoms with Gasteiger partial charge in [0.15, 0.2) is 0 Å². The number of hydrogen-bond acceptors (Lipinski definition) is 3. The van der Waals surface area contributed by atoms with Crippen molar-refractivity contribution in [3.8, 4) is 17.6 Å². The lowest BCUT2D eigenvalue weighted by Crippen LogP contribution is -2.18. The molecule has 84 valence electrons. The van der Waals surface area contributed by atoms with Crippen molar-refractivity contribution in [2.75, 3.05) is 13.7 Å². The number of rotatable bonds is 1. The number of fused-ring (bicyclic) bond motifs is 1. The highest BCUT2D eigenvalue weighted by Crippen LogP contribution is 2.39. The summed E-state index contributed by atoms with van der Waals surface area (Å²) in [4.78, 5) is 0.